The molecule has 1 atom stereocenters. The SMILES string of the molecule is CCCCC(=O)N(C)CC1CCCNC1. The highest BCUT2D eigenvalue weighted by Gasteiger charge is 2.17. The summed E-state index contributed by atoms with van der Waals surface area (Å²) >= 11 is 0. The van der Waals surface area contributed by atoms with Gasteiger partial charge in [0.2, 0.25) is 5.91 Å². The molecule has 3 nitrogen and oxygen atoms in total. The number of piperidine rings is 1. The molecular weight excluding hydrogens is 188 g/mol. The molecule has 1 fully saturated rings. The minimum atomic E-state index is 0.308. The van der Waals surface area contributed by atoms with Crippen molar-refractivity contribution in [3.05, 3.63) is 0 Å². The van der Waals surface area contributed by atoms with E-state index in [1.54, 1.807) is 0 Å². The maximum atomic E-state index is 11.7. The molecule has 1 aliphatic heterocycles. The molecular formula is C12H24N2O. The Morgan fingerprint density at radius 1 is 1.53 bits per heavy atom. The van der Waals surface area contributed by atoms with Crippen LogP contribution in [0, 0.1) is 5.92 Å². The normalized spacial score (nSPS) is 21.3. The lowest BCUT2D eigenvalue weighted by Crippen LogP contribution is -2.39. The van der Waals surface area contributed by atoms with Gasteiger partial charge in [-0.25, -0.2) is 0 Å². The Labute approximate surface area is 93.2 Å². The van der Waals surface area contributed by atoms with E-state index in [0.29, 0.717) is 18.2 Å². The first kappa shape index (κ1) is 12.5. The molecule has 1 amide bonds. The second-order valence-electron chi connectivity index (χ2n) is 4.59. The van der Waals surface area contributed by atoms with E-state index in [0.717, 1.165) is 32.5 Å². The van der Waals surface area contributed by atoms with Crippen molar-refractivity contribution in [3.63, 3.8) is 0 Å². The smallest absolute Gasteiger partial charge is 0.222 e. The van der Waals surface area contributed by atoms with Gasteiger partial charge >= 0.3 is 0 Å². The number of hydrogen-bond donors (Lipinski definition) is 1. The minimum Gasteiger partial charge on any atom is -0.345 e. The van der Waals surface area contributed by atoms with Crippen LogP contribution in [0.3, 0.4) is 0 Å². The van der Waals surface area contributed by atoms with Gasteiger partial charge < -0.3 is 10.2 Å². The second kappa shape index (κ2) is 6.83. The van der Waals surface area contributed by atoms with Crippen molar-refractivity contribution in [1.82, 2.24) is 10.2 Å². The first-order valence-corrected chi connectivity index (χ1v) is 6.18. The van der Waals surface area contributed by atoms with Gasteiger partial charge in [0, 0.05) is 20.0 Å². The Hall–Kier alpha value is -0.570. The van der Waals surface area contributed by atoms with Crippen LogP contribution in [-0.4, -0.2) is 37.5 Å². The van der Waals surface area contributed by atoms with Crippen molar-refractivity contribution >= 4 is 5.91 Å². The summed E-state index contributed by atoms with van der Waals surface area (Å²) in [7, 11) is 1.94. The van der Waals surface area contributed by atoms with Crippen LogP contribution < -0.4 is 5.32 Å². The molecule has 0 aliphatic carbocycles. The van der Waals surface area contributed by atoms with Gasteiger partial charge in [0.1, 0.15) is 0 Å². The number of hydrogen-bond acceptors (Lipinski definition) is 2. The van der Waals surface area contributed by atoms with E-state index in [2.05, 4.69) is 12.2 Å². The van der Waals surface area contributed by atoms with E-state index in [9.17, 15) is 4.79 Å². The Balaban J connectivity index is 2.20. The molecule has 1 aliphatic rings. The van der Waals surface area contributed by atoms with Crippen molar-refractivity contribution < 1.29 is 4.79 Å². The summed E-state index contributed by atoms with van der Waals surface area (Å²) in [5.41, 5.74) is 0. The van der Waals surface area contributed by atoms with Crippen LogP contribution in [0.5, 0.6) is 0 Å². The number of amides is 1. The predicted octanol–water partition coefficient (Wildman–Crippen LogP) is 1.63. The van der Waals surface area contributed by atoms with Crippen LogP contribution in [0.1, 0.15) is 39.0 Å². The van der Waals surface area contributed by atoms with E-state index in [1.165, 1.54) is 12.8 Å². The first-order valence-electron chi connectivity index (χ1n) is 6.18. The molecule has 1 saturated heterocycles. The molecule has 1 rings (SSSR count). The largest absolute Gasteiger partial charge is 0.345 e. The fourth-order valence-corrected chi connectivity index (χ4v) is 2.09. The van der Waals surface area contributed by atoms with Crippen LogP contribution in [0.4, 0.5) is 0 Å². The highest BCUT2D eigenvalue weighted by Crippen LogP contribution is 2.11. The molecule has 0 spiro atoms. The summed E-state index contributed by atoms with van der Waals surface area (Å²) in [5, 5.41) is 3.38. The Bertz CT molecular complexity index is 188. The van der Waals surface area contributed by atoms with Gasteiger partial charge in [-0.05, 0) is 38.3 Å². The molecule has 1 heterocycles. The van der Waals surface area contributed by atoms with Crippen LogP contribution in [-0.2, 0) is 4.79 Å². The number of unbranched alkanes of at least 4 members (excludes halogenated alkanes) is 1. The van der Waals surface area contributed by atoms with Crippen LogP contribution in [0.15, 0.2) is 0 Å². The van der Waals surface area contributed by atoms with E-state index < -0.39 is 0 Å². The first-order chi connectivity index (χ1) is 7.24. The average molecular weight is 212 g/mol. The van der Waals surface area contributed by atoms with E-state index >= 15 is 0 Å². The Morgan fingerprint density at radius 2 is 2.33 bits per heavy atom. The molecule has 3 heteroatoms. The van der Waals surface area contributed by atoms with Crippen molar-refractivity contribution in [2.75, 3.05) is 26.7 Å². The summed E-state index contributed by atoms with van der Waals surface area (Å²) < 4.78 is 0. The zero-order valence-corrected chi connectivity index (χ0v) is 10.1. The van der Waals surface area contributed by atoms with Gasteiger partial charge in [-0.15, -0.1) is 0 Å². The fourth-order valence-electron chi connectivity index (χ4n) is 2.09. The number of carbonyl (C=O) groups excluding carboxylic acids is 1. The van der Waals surface area contributed by atoms with Gasteiger partial charge in [-0.2, -0.15) is 0 Å². The standard InChI is InChI=1S/C12H24N2O/c1-3-4-7-12(15)14(2)10-11-6-5-8-13-9-11/h11,13H,3-10H2,1-2H3. The molecule has 15 heavy (non-hydrogen) atoms. The predicted molar refractivity (Wildman–Crippen MR) is 62.8 cm³/mol. The third-order valence-electron chi connectivity index (χ3n) is 3.10. The molecule has 88 valence electrons. The molecule has 0 aromatic heterocycles. The Morgan fingerprint density at radius 3 is 2.93 bits per heavy atom. The zero-order chi connectivity index (χ0) is 11.1. The van der Waals surface area contributed by atoms with Gasteiger partial charge in [0.05, 0.1) is 0 Å². The Kier molecular flexibility index (Phi) is 5.69. The maximum absolute atomic E-state index is 11.7. The topological polar surface area (TPSA) is 32.3 Å². The maximum Gasteiger partial charge on any atom is 0.222 e. The molecule has 1 N–H and O–H groups in total. The highest BCUT2D eigenvalue weighted by molar-refractivity contribution is 5.75. The number of rotatable bonds is 5. The zero-order valence-electron chi connectivity index (χ0n) is 10.1. The third-order valence-corrected chi connectivity index (χ3v) is 3.10. The summed E-state index contributed by atoms with van der Waals surface area (Å²) in [4.78, 5) is 13.6. The second-order valence-corrected chi connectivity index (χ2v) is 4.59. The molecule has 0 radical (unpaired) electrons. The van der Waals surface area contributed by atoms with Gasteiger partial charge in [-0.3, -0.25) is 4.79 Å². The molecule has 0 saturated carbocycles. The van der Waals surface area contributed by atoms with Gasteiger partial charge in [0.25, 0.3) is 0 Å². The van der Waals surface area contributed by atoms with E-state index in [1.807, 2.05) is 11.9 Å². The van der Waals surface area contributed by atoms with E-state index in [-0.39, 0.29) is 0 Å². The fraction of sp³-hybridized carbons (Fsp3) is 0.917. The van der Waals surface area contributed by atoms with Crippen molar-refractivity contribution in [2.45, 2.75) is 39.0 Å². The number of nitrogens with one attached hydrogen (secondary N) is 1. The third kappa shape index (κ3) is 4.65. The average Bonchev–Trinajstić information content (AvgIpc) is 2.27. The lowest BCUT2D eigenvalue weighted by atomic mass is 9.99. The lowest BCUT2D eigenvalue weighted by Gasteiger charge is -2.27. The lowest BCUT2D eigenvalue weighted by molar-refractivity contribution is -0.130. The summed E-state index contributed by atoms with van der Waals surface area (Å²) in [6.45, 7) is 5.27. The molecule has 0 bridgehead atoms. The van der Waals surface area contributed by atoms with Crippen LogP contribution in [0.25, 0.3) is 0 Å². The van der Waals surface area contributed by atoms with E-state index in [4.69, 9.17) is 0 Å². The van der Waals surface area contributed by atoms with Gasteiger partial charge in [0.15, 0.2) is 0 Å². The summed E-state index contributed by atoms with van der Waals surface area (Å²) in [6, 6.07) is 0. The van der Waals surface area contributed by atoms with Crippen molar-refractivity contribution in [2.24, 2.45) is 5.92 Å². The highest BCUT2D eigenvalue weighted by atomic mass is 16.2. The monoisotopic (exact) mass is 212 g/mol. The summed E-state index contributed by atoms with van der Waals surface area (Å²) in [6.07, 6.45) is 5.35. The number of nitrogens with zero attached hydrogens (tertiary/aromatic N) is 1. The molecule has 0 aromatic carbocycles. The van der Waals surface area contributed by atoms with Crippen LogP contribution in [0.2, 0.25) is 0 Å². The van der Waals surface area contributed by atoms with Gasteiger partial charge in [-0.1, -0.05) is 13.3 Å². The molecule has 1 unspecified atom stereocenters. The van der Waals surface area contributed by atoms with Crippen molar-refractivity contribution in [3.8, 4) is 0 Å². The minimum absolute atomic E-state index is 0.308. The van der Waals surface area contributed by atoms with Crippen molar-refractivity contribution in [1.29, 1.82) is 0 Å². The summed E-state index contributed by atoms with van der Waals surface area (Å²) in [5.74, 6) is 0.969. The quantitative estimate of drug-likeness (QED) is 0.751. The number of carbonyl (C=O) groups is 1. The molecule has 0 aromatic rings. The van der Waals surface area contributed by atoms with Crippen LogP contribution >= 0.6 is 0 Å².